The van der Waals surface area contributed by atoms with Gasteiger partial charge in [0.15, 0.2) is 5.96 Å². The summed E-state index contributed by atoms with van der Waals surface area (Å²) in [5.41, 5.74) is 1.17. The van der Waals surface area contributed by atoms with Crippen LogP contribution in [0, 0.1) is 5.92 Å². The van der Waals surface area contributed by atoms with E-state index in [-0.39, 0.29) is 0 Å². The minimum absolute atomic E-state index is 0.747. The molecule has 146 valence electrons. The van der Waals surface area contributed by atoms with Gasteiger partial charge in [-0.3, -0.25) is 4.99 Å². The topological polar surface area (TPSA) is 51.9 Å². The van der Waals surface area contributed by atoms with Gasteiger partial charge in [0.2, 0.25) is 5.95 Å². The molecule has 0 aromatic carbocycles. The van der Waals surface area contributed by atoms with Gasteiger partial charge in [-0.1, -0.05) is 6.42 Å². The van der Waals surface area contributed by atoms with Crippen molar-refractivity contribution < 1.29 is 0 Å². The number of aromatic nitrogens is 2. The minimum Gasteiger partial charge on any atom is -0.351 e. The second kappa shape index (κ2) is 8.75. The van der Waals surface area contributed by atoms with Crippen molar-refractivity contribution in [2.45, 2.75) is 32.2 Å². The molecule has 2 fully saturated rings. The van der Waals surface area contributed by atoms with Crippen LogP contribution in [0.4, 0.5) is 5.95 Å². The highest BCUT2D eigenvalue weighted by atomic mass is 15.3. The lowest BCUT2D eigenvalue weighted by atomic mass is 10.1. The molecule has 0 spiro atoms. The number of imidazole rings is 1. The van der Waals surface area contributed by atoms with Crippen molar-refractivity contribution in [2.24, 2.45) is 18.0 Å². The first-order valence-electron chi connectivity index (χ1n) is 9.94. The van der Waals surface area contributed by atoms with E-state index in [1.807, 2.05) is 32.2 Å². The molecule has 3 heterocycles. The lowest BCUT2D eigenvalue weighted by molar-refractivity contribution is 0.198. The fraction of sp³-hybridized carbons (Fsp3) is 0.789. The Bertz CT molecular complexity index is 601. The van der Waals surface area contributed by atoms with Crippen LogP contribution in [0.15, 0.2) is 11.2 Å². The molecular weight excluding hydrogens is 326 g/mol. The number of rotatable bonds is 5. The Labute approximate surface area is 158 Å². The normalized spacial score (nSPS) is 22.1. The van der Waals surface area contributed by atoms with Gasteiger partial charge in [-0.2, -0.15) is 0 Å². The van der Waals surface area contributed by atoms with E-state index in [1.165, 1.54) is 51.0 Å². The van der Waals surface area contributed by atoms with E-state index in [0.29, 0.717) is 0 Å². The molecule has 0 saturated carbocycles. The number of likely N-dealkylation sites (tertiary alicyclic amines) is 2. The lowest BCUT2D eigenvalue weighted by Gasteiger charge is -2.29. The van der Waals surface area contributed by atoms with E-state index in [9.17, 15) is 0 Å². The molecule has 2 aliphatic rings. The first kappa shape index (κ1) is 19.0. The number of piperidine rings is 1. The summed E-state index contributed by atoms with van der Waals surface area (Å²) in [7, 11) is 7.98. The fourth-order valence-electron chi connectivity index (χ4n) is 4.20. The standard InChI is InChI=1S/C19H35N7/c1-20-18(21-12-17-13-22-19(23(2)3)24(17)4)26-11-8-16(15-26)14-25-9-6-5-7-10-25/h13,16H,5-12,14-15H2,1-4H3,(H,20,21). The Morgan fingerprint density at radius 1 is 1.27 bits per heavy atom. The second-order valence-electron chi connectivity index (χ2n) is 7.87. The summed E-state index contributed by atoms with van der Waals surface area (Å²) in [6, 6.07) is 0. The molecular formula is C19H35N7. The molecule has 2 saturated heterocycles. The second-order valence-corrected chi connectivity index (χ2v) is 7.87. The van der Waals surface area contributed by atoms with Crippen molar-refractivity contribution in [3.63, 3.8) is 0 Å². The number of anilines is 1. The summed E-state index contributed by atoms with van der Waals surface area (Å²) in [6.07, 6.45) is 7.37. The van der Waals surface area contributed by atoms with Crippen LogP contribution in [-0.2, 0) is 13.6 Å². The fourth-order valence-corrected chi connectivity index (χ4v) is 4.20. The number of hydrogen-bond donors (Lipinski definition) is 1. The highest BCUT2D eigenvalue weighted by Gasteiger charge is 2.27. The predicted octanol–water partition coefficient (Wildman–Crippen LogP) is 1.37. The van der Waals surface area contributed by atoms with E-state index < -0.39 is 0 Å². The molecule has 1 aromatic heterocycles. The van der Waals surface area contributed by atoms with Crippen LogP contribution in [0.3, 0.4) is 0 Å². The molecule has 3 rings (SSSR count). The van der Waals surface area contributed by atoms with Gasteiger partial charge in [-0.25, -0.2) is 4.98 Å². The molecule has 0 aliphatic carbocycles. The SMILES string of the molecule is CN=C(NCc1cnc(N(C)C)n1C)N1CCC(CN2CCCCC2)C1. The van der Waals surface area contributed by atoms with E-state index in [0.717, 1.165) is 37.5 Å². The summed E-state index contributed by atoms with van der Waals surface area (Å²) >= 11 is 0. The highest BCUT2D eigenvalue weighted by molar-refractivity contribution is 5.80. The number of nitrogens with one attached hydrogen (secondary N) is 1. The van der Waals surface area contributed by atoms with Gasteiger partial charge in [-0.05, 0) is 38.3 Å². The van der Waals surface area contributed by atoms with Crippen LogP contribution in [0.25, 0.3) is 0 Å². The van der Waals surface area contributed by atoms with E-state index in [2.05, 4.69) is 36.7 Å². The van der Waals surface area contributed by atoms with Crippen LogP contribution < -0.4 is 10.2 Å². The molecule has 1 atom stereocenters. The number of aliphatic imine (C=N–C) groups is 1. The highest BCUT2D eigenvalue weighted by Crippen LogP contribution is 2.20. The average molecular weight is 362 g/mol. The third-order valence-corrected chi connectivity index (χ3v) is 5.65. The molecule has 7 heteroatoms. The zero-order valence-corrected chi connectivity index (χ0v) is 16.9. The van der Waals surface area contributed by atoms with Crippen LogP contribution in [0.5, 0.6) is 0 Å². The summed E-state index contributed by atoms with van der Waals surface area (Å²) in [4.78, 5) is 16.1. The lowest BCUT2D eigenvalue weighted by Crippen LogP contribution is -2.41. The van der Waals surface area contributed by atoms with Crippen LogP contribution in [0.1, 0.15) is 31.4 Å². The summed E-state index contributed by atoms with van der Waals surface area (Å²) in [5.74, 6) is 2.75. The number of guanidine groups is 1. The molecule has 7 nitrogen and oxygen atoms in total. The van der Waals surface area contributed by atoms with Crippen molar-refractivity contribution in [2.75, 3.05) is 58.8 Å². The Morgan fingerprint density at radius 3 is 2.69 bits per heavy atom. The summed E-state index contributed by atoms with van der Waals surface area (Å²) < 4.78 is 2.13. The van der Waals surface area contributed by atoms with Gasteiger partial charge in [0, 0.05) is 47.8 Å². The molecule has 0 bridgehead atoms. The molecule has 26 heavy (non-hydrogen) atoms. The maximum Gasteiger partial charge on any atom is 0.204 e. The van der Waals surface area contributed by atoms with Crippen molar-refractivity contribution in [3.8, 4) is 0 Å². The largest absolute Gasteiger partial charge is 0.351 e. The van der Waals surface area contributed by atoms with Crippen LogP contribution in [0.2, 0.25) is 0 Å². The van der Waals surface area contributed by atoms with E-state index in [4.69, 9.17) is 0 Å². The van der Waals surface area contributed by atoms with Crippen LogP contribution in [-0.4, -0.2) is 79.2 Å². The quantitative estimate of drug-likeness (QED) is 0.634. The maximum atomic E-state index is 4.52. The first-order chi connectivity index (χ1) is 12.6. The average Bonchev–Trinajstić information content (AvgIpc) is 3.24. The Hall–Kier alpha value is -1.76. The van der Waals surface area contributed by atoms with Crippen molar-refractivity contribution in [1.29, 1.82) is 0 Å². The van der Waals surface area contributed by atoms with Crippen molar-refractivity contribution in [3.05, 3.63) is 11.9 Å². The third-order valence-electron chi connectivity index (χ3n) is 5.65. The van der Waals surface area contributed by atoms with Gasteiger partial charge < -0.3 is 24.6 Å². The van der Waals surface area contributed by atoms with Gasteiger partial charge >= 0.3 is 0 Å². The summed E-state index contributed by atoms with van der Waals surface area (Å²) in [6.45, 7) is 6.80. The molecule has 0 radical (unpaired) electrons. The van der Waals surface area contributed by atoms with E-state index in [1.54, 1.807) is 0 Å². The van der Waals surface area contributed by atoms with Crippen molar-refractivity contribution >= 4 is 11.9 Å². The van der Waals surface area contributed by atoms with Gasteiger partial charge in [0.05, 0.1) is 18.4 Å². The molecule has 1 unspecified atom stereocenters. The zero-order valence-electron chi connectivity index (χ0n) is 16.9. The van der Waals surface area contributed by atoms with Crippen LogP contribution >= 0.6 is 0 Å². The number of nitrogens with zero attached hydrogens (tertiary/aromatic N) is 6. The predicted molar refractivity (Wildman–Crippen MR) is 108 cm³/mol. The maximum absolute atomic E-state index is 4.52. The first-order valence-corrected chi connectivity index (χ1v) is 9.94. The molecule has 1 aromatic rings. The summed E-state index contributed by atoms with van der Waals surface area (Å²) in [5, 5.41) is 3.53. The van der Waals surface area contributed by atoms with E-state index >= 15 is 0 Å². The molecule has 1 N–H and O–H groups in total. The number of hydrogen-bond acceptors (Lipinski definition) is 4. The van der Waals surface area contributed by atoms with Gasteiger partial charge in [-0.15, -0.1) is 0 Å². The minimum atomic E-state index is 0.747. The van der Waals surface area contributed by atoms with Gasteiger partial charge in [0.25, 0.3) is 0 Å². The Balaban J connectivity index is 1.50. The van der Waals surface area contributed by atoms with Gasteiger partial charge in [0.1, 0.15) is 0 Å². The smallest absolute Gasteiger partial charge is 0.204 e. The molecule has 2 aliphatic heterocycles. The van der Waals surface area contributed by atoms with Crippen molar-refractivity contribution in [1.82, 2.24) is 24.7 Å². The molecule has 0 amide bonds. The zero-order chi connectivity index (χ0) is 18.5. The third kappa shape index (κ3) is 4.50. The Kier molecular flexibility index (Phi) is 6.40. The monoisotopic (exact) mass is 361 g/mol. The Morgan fingerprint density at radius 2 is 2.04 bits per heavy atom.